The molecule has 1 aliphatic rings. The van der Waals surface area contributed by atoms with Gasteiger partial charge in [0, 0.05) is 18.0 Å². The monoisotopic (exact) mass is 259 g/mol. The quantitative estimate of drug-likeness (QED) is 0.881. The third-order valence-corrected chi connectivity index (χ3v) is 3.55. The average Bonchev–Trinajstić information content (AvgIpc) is 3.02. The van der Waals surface area contributed by atoms with E-state index < -0.39 is 0 Å². The molecular weight excluding hydrogens is 242 g/mol. The lowest BCUT2D eigenvalue weighted by atomic mass is 9.89. The number of rotatable bonds is 3. The number of furan rings is 1. The molecule has 0 aliphatic heterocycles. The molecule has 0 fully saturated rings. The zero-order valence-corrected chi connectivity index (χ0v) is 10.9. The van der Waals surface area contributed by atoms with E-state index in [2.05, 4.69) is 15.3 Å². The van der Waals surface area contributed by atoms with Crippen molar-refractivity contribution < 1.29 is 9.21 Å². The van der Waals surface area contributed by atoms with Crippen LogP contribution in [0.25, 0.3) is 0 Å². The Morgan fingerprint density at radius 3 is 3.32 bits per heavy atom. The number of hydrogen-bond donors (Lipinski definition) is 2. The maximum absolute atomic E-state index is 12.1. The summed E-state index contributed by atoms with van der Waals surface area (Å²) in [5, 5.41) is 2.93. The van der Waals surface area contributed by atoms with Crippen molar-refractivity contribution in [1.82, 2.24) is 15.3 Å². The smallest absolute Gasteiger partial charge is 0.223 e. The summed E-state index contributed by atoms with van der Waals surface area (Å²) >= 11 is 0. The van der Waals surface area contributed by atoms with E-state index in [4.69, 9.17) is 4.42 Å². The minimum atomic E-state index is 0.0299. The van der Waals surface area contributed by atoms with Crippen LogP contribution in [0.1, 0.15) is 29.4 Å². The summed E-state index contributed by atoms with van der Waals surface area (Å²) in [6.07, 6.45) is 4.10. The van der Waals surface area contributed by atoms with Gasteiger partial charge >= 0.3 is 0 Å². The van der Waals surface area contributed by atoms with Crippen molar-refractivity contribution in [2.24, 2.45) is 5.92 Å². The zero-order chi connectivity index (χ0) is 13.2. The Balaban J connectivity index is 1.59. The molecule has 100 valence electrons. The van der Waals surface area contributed by atoms with Crippen LogP contribution in [0.5, 0.6) is 0 Å². The van der Waals surface area contributed by atoms with Crippen molar-refractivity contribution in [2.75, 3.05) is 0 Å². The minimum absolute atomic E-state index is 0.0299. The number of carbonyl (C=O) groups is 1. The van der Waals surface area contributed by atoms with Crippen LogP contribution >= 0.6 is 0 Å². The SMILES string of the molecule is Cc1nc2c([nH]1)C[C@H](C(=O)NCc1ccco1)CC2. The molecule has 0 unspecified atom stereocenters. The summed E-state index contributed by atoms with van der Waals surface area (Å²) < 4.78 is 5.20. The topological polar surface area (TPSA) is 70.9 Å². The maximum Gasteiger partial charge on any atom is 0.223 e. The Hall–Kier alpha value is -2.04. The number of nitrogens with one attached hydrogen (secondary N) is 2. The molecule has 0 aromatic carbocycles. The van der Waals surface area contributed by atoms with Crippen molar-refractivity contribution in [3.8, 4) is 0 Å². The van der Waals surface area contributed by atoms with E-state index in [1.165, 1.54) is 0 Å². The van der Waals surface area contributed by atoms with E-state index in [1.807, 2.05) is 19.1 Å². The molecule has 0 spiro atoms. The number of hydrogen-bond acceptors (Lipinski definition) is 3. The summed E-state index contributed by atoms with van der Waals surface area (Å²) in [6, 6.07) is 3.68. The average molecular weight is 259 g/mol. The number of aromatic amines is 1. The molecule has 2 aromatic heterocycles. The molecule has 5 heteroatoms. The molecule has 0 saturated carbocycles. The molecule has 0 saturated heterocycles. The first-order valence-electron chi connectivity index (χ1n) is 6.57. The third kappa shape index (κ3) is 2.54. The molecule has 3 rings (SSSR count). The van der Waals surface area contributed by atoms with Crippen molar-refractivity contribution in [2.45, 2.75) is 32.7 Å². The molecule has 19 heavy (non-hydrogen) atoms. The Kier molecular flexibility index (Phi) is 3.11. The first-order chi connectivity index (χ1) is 9.22. The van der Waals surface area contributed by atoms with E-state index in [1.54, 1.807) is 6.26 Å². The summed E-state index contributed by atoms with van der Waals surface area (Å²) in [7, 11) is 0. The molecule has 2 aromatic rings. The maximum atomic E-state index is 12.1. The number of imidazole rings is 1. The van der Waals surface area contributed by atoms with Crippen LogP contribution in [0.2, 0.25) is 0 Å². The standard InChI is InChI=1S/C14H17N3O2/c1-9-16-12-5-4-10(7-13(12)17-9)14(18)15-8-11-3-2-6-19-11/h2-3,6,10H,4-5,7-8H2,1H3,(H,15,18)(H,16,17)/t10-/m1/s1. The fourth-order valence-corrected chi connectivity index (χ4v) is 2.58. The van der Waals surface area contributed by atoms with Crippen LogP contribution in [0.4, 0.5) is 0 Å². The number of aryl methyl sites for hydroxylation is 2. The number of nitrogens with zero attached hydrogens (tertiary/aromatic N) is 1. The van der Waals surface area contributed by atoms with Gasteiger partial charge in [0.25, 0.3) is 0 Å². The van der Waals surface area contributed by atoms with Crippen molar-refractivity contribution in [3.63, 3.8) is 0 Å². The lowest BCUT2D eigenvalue weighted by molar-refractivity contribution is -0.125. The van der Waals surface area contributed by atoms with Crippen LogP contribution in [0.15, 0.2) is 22.8 Å². The van der Waals surface area contributed by atoms with Crippen LogP contribution in [0.3, 0.4) is 0 Å². The van der Waals surface area contributed by atoms with Gasteiger partial charge in [0.1, 0.15) is 11.6 Å². The summed E-state index contributed by atoms with van der Waals surface area (Å²) in [5.41, 5.74) is 2.23. The molecular formula is C14H17N3O2. The van der Waals surface area contributed by atoms with E-state index in [-0.39, 0.29) is 11.8 Å². The highest BCUT2D eigenvalue weighted by molar-refractivity contribution is 5.79. The van der Waals surface area contributed by atoms with Gasteiger partial charge in [-0.2, -0.15) is 0 Å². The summed E-state index contributed by atoms with van der Waals surface area (Å²) in [6.45, 7) is 2.40. The highest BCUT2D eigenvalue weighted by Crippen LogP contribution is 2.24. The second-order valence-corrected chi connectivity index (χ2v) is 4.98. The number of H-pyrrole nitrogens is 1. The fourth-order valence-electron chi connectivity index (χ4n) is 2.58. The predicted octanol–water partition coefficient (Wildman–Crippen LogP) is 1.73. The summed E-state index contributed by atoms with van der Waals surface area (Å²) in [4.78, 5) is 19.8. The van der Waals surface area contributed by atoms with Crippen LogP contribution in [-0.2, 0) is 24.2 Å². The molecule has 1 aliphatic carbocycles. The Labute approximate surface area is 111 Å². The van der Waals surface area contributed by atoms with Gasteiger partial charge in [-0.3, -0.25) is 4.79 Å². The zero-order valence-electron chi connectivity index (χ0n) is 10.9. The normalized spacial score (nSPS) is 18.1. The van der Waals surface area contributed by atoms with E-state index in [0.29, 0.717) is 6.54 Å². The molecule has 1 amide bonds. The Bertz CT molecular complexity index is 572. The van der Waals surface area contributed by atoms with Gasteiger partial charge in [-0.15, -0.1) is 0 Å². The Morgan fingerprint density at radius 1 is 1.63 bits per heavy atom. The first kappa shape index (κ1) is 12.0. The molecule has 0 radical (unpaired) electrons. The van der Waals surface area contributed by atoms with Crippen molar-refractivity contribution >= 4 is 5.91 Å². The Morgan fingerprint density at radius 2 is 2.53 bits per heavy atom. The van der Waals surface area contributed by atoms with Crippen LogP contribution < -0.4 is 5.32 Å². The van der Waals surface area contributed by atoms with E-state index in [9.17, 15) is 4.79 Å². The fraction of sp³-hybridized carbons (Fsp3) is 0.429. The van der Waals surface area contributed by atoms with Gasteiger partial charge in [-0.1, -0.05) is 0 Å². The van der Waals surface area contributed by atoms with Crippen molar-refractivity contribution in [1.29, 1.82) is 0 Å². The molecule has 2 N–H and O–H groups in total. The predicted molar refractivity (Wildman–Crippen MR) is 69.4 cm³/mol. The van der Waals surface area contributed by atoms with Gasteiger partial charge in [-0.25, -0.2) is 4.98 Å². The van der Waals surface area contributed by atoms with Crippen molar-refractivity contribution in [3.05, 3.63) is 41.4 Å². The molecule has 0 bridgehead atoms. The van der Waals surface area contributed by atoms with Gasteiger partial charge in [0.2, 0.25) is 5.91 Å². The highest BCUT2D eigenvalue weighted by Gasteiger charge is 2.26. The van der Waals surface area contributed by atoms with Gasteiger partial charge in [0.15, 0.2) is 0 Å². The second-order valence-electron chi connectivity index (χ2n) is 4.98. The number of aromatic nitrogens is 2. The number of amides is 1. The largest absolute Gasteiger partial charge is 0.467 e. The lowest BCUT2D eigenvalue weighted by Crippen LogP contribution is -2.33. The molecule has 1 atom stereocenters. The van der Waals surface area contributed by atoms with E-state index >= 15 is 0 Å². The number of fused-ring (bicyclic) bond motifs is 1. The first-order valence-corrected chi connectivity index (χ1v) is 6.57. The molecule has 2 heterocycles. The van der Waals surface area contributed by atoms with E-state index in [0.717, 1.165) is 42.2 Å². The molecule has 5 nitrogen and oxygen atoms in total. The lowest BCUT2D eigenvalue weighted by Gasteiger charge is -2.20. The highest BCUT2D eigenvalue weighted by atomic mass is 16.3. The minimum Gasteiger partial charge on any atom is -0.467 e. The number of carbonyl (C=O) groups excluding carboxylic acids is 1. The summed E-state index contributed by atoms with van der Waals surface area (Å²) in [5.74, 6) is 1.83. The van der Waals surface area contributed by atoms with Gasteiger partial charge < -0.3 is 14.7 Å². The third-order valence-electron chi connectivity index (χ3n) is 3.55. The van der Waals surface area contributed by atoms with Gasteiger partial charge in [0.05, 0.1) is 18.5 Å². The van der Waals surface area contributed by atoms with Crippen LogP contribution in [-0.4, -0.2) is 15.9 Å². The van der Waals surface area contributed by atoms with Gasteiger partial charge in [-0.05, 0) is 31.9 Å². The second kappa shape index (κ2) is 4.91. The van der Waals surface area contributed by atoms with Crippen LogP contribution in [0, 0.1) is 12.8 Å².